The summed E-state index contributed by atoms with van der Waals surface area (Å²) in [6.07, 6.45) is 1.01. The summed E-state index contributed by atoms with van der Waals surface area (Å²) in [6, 6.07) is 0. The minimum absolute atomic E-state index is 0.174. The molecule has 0 saturated heterocycles. The maximum atomic E-state index is 11.5. The van der Waals surface area contributed by atoms with E-state index in [-0.39, 0.29) is 17.7 Å². The van der Waals surface area contributed by atoms with Crippen LogP contribution >= 0.6 is 11.6 Å². The Kier molecular flexibility index (Phi) is 5.52. The number of nitrogens with zero attached hydrogens (tertiary/aromatic N) is 1. The lowest BCUT2D eigenvalue weighted by Gasteiger charge is -2.17. The Bertz CT molecular complexity index is 387. The van der Waals surface area contributed by atoms with Crippen LogP contribution in [0.1, 0.15) is 6.92 Å². The van der Waals surface area contributed by atoms with Crippen LogP contribution in [-0.4, -0.2) is 57.9 Å². The molecule has 0 N–H and O–H groups in total. The molecular formula is C7H16ClNO4S2. The molecule has 0 saturated carbocycles. The van der Waals surface area contributed by atoms with E-state index >= 15 is 0 Å². The van der Waals surface area contributed by atoms with Gasteiger partial charge in [-0.3, -0.25) is 0 Å². The highest BCUT2D eigenvalue weighted by Gasteiger charge is 2.20. The predicted molar refractivity (Wildman–Crippen MR) is 61.4 cm³/mol. The van der Waals surface area contributed by atoms with Crippen LogP contribution in [0.25, 0.3) is 0 Å². The van der Waals surface area contributed by atoms with E-state index in [1.807, 2.05) is 0 Å². The monoisotopic (exact) mass is 277 g/mol. The van der Waals surface area contributed by atoms with Gasteiger partial charge in [0.15, 0.2) is 0 Å². The fourth-order valence-electron chi connectivity index (χ4n) is 0.880. The molecular weight excluding hydrogens is 262 g/mol. The summed E-state index contributed by atoms with van der Waals surface area (Å²) < 4.78 is 45.7. The summed E-state index contributed by atoms with van der Waals surface area (Å²) in [6.45, 7) is 1.85. The number of hydrogen-bond acceptors (Lipinski definition) is 4. The zero-order chi connectivity index (χ0) is 12.3. The van der Waals surface area contributed by atoms with Crippen molar-refractivity contribution in [3.05, 3.63) is 0 Å². The molecule has 1 unspecified atom stereocenters. The van der Waals surface area contributed by atoms with E-state index in [1.54, 1.807) is 6.92 Å². The number of rotatable bonds is 6. The number of hydrogen-bond donors (Lipinski definition) is 0. The van der Waals surface area contributed by atoms with E-state index in [0.29, 0.717) is 0 Å². The molecule has 0 aliphatic carbocycles. The van der Waals surface area contributed by atoms with Gasteiger partial charge in [0.25, 0.3) is 0 Å². The van der Waals surface area contributed by atoms with Crippen molar-refractivity contribution in [1.29, 1.82) is 0 Å². The second-order valence-electron chi connectivity index (χ2n) is 3.51. The van der Waals surface area contributed by atoms with Crippen LogP contribution in [-0.2, 0) is 19.9 Å². The first-order valence-electron chi connectivity index (χ1n) is 4.30. The Morgan fingerprint density at radius 3 is 2.00 bits per heavy atom. The van der Waals surface area contributed by atoms with E-state index in [1.165, 1.54) is 7.05 Å². The van der Waals surface area contributed by atoms with Gasteiger partial charge in [-0.05, 0) is 6.92 Å². The van der Waals surface area contributed by atoms with Gasteiger partial charge in [-0.1, -0.05) is 0 Å². The smallest absolute Gasteiger partial charge is 0.214 e. The van der Waals surface area contributed by atoms with Gasteiger partial charge >= 0.3 is 0 Å². The molecule has 0 amide bonds. The molecule has 0 aromatic rings. The predicted octanol–water partition coefficient (Wildman–Crippen LogP) is -0.0801. The van der Waals surface area contributed by atoms with Gasteiger partial charge in [0.05, 0.1) is 11.5 Å². The van der Waals surface area contributed by atoms with Gasteiger partial charge in [0.1, 0.15) is 9.84 Å². The van der Waals surface area contributed by atoms with E-state index < -0.39 is 25.6 Å². The van der Waals surface area contributed by atoms with E-state index in [9.17, 15) is 16.8 Å². The first kappa shape index (κ1) is 15.2. The molecule has 0 aromatic carbocycles. The highest BCUT2D eigenvalue weighted by Crippen LogP contribution is 2.04. The summed E-state index contributed by atoms with van der Waals surface area (Å²) in [7, 11) is -5.39. The molecule has 0 aromatic heterocycles. The molecule has 0 aliphatic heterocycles. The van der Waals surface area contributed by atoms with Crippen LogP contribution in [0.15, 0.2) is 0 Å². The molecule has 0 radical (unpaired) electrons. The summed E-state index contributed by atoms with van der Waals surface area (Å²) in [5.74, 6) is -0.762. The zero-order valence-corrected chi connectivity index (χ0v) is 11.4. The van der Waals surface area contributed by atoms with E-state index in [2.05, 4.69) is 0 Å². The molecule has 0 aliphatic rings. The molecule has 0 bridgehead atoms. The Hall–Kier alpha value is 0.150. The molecule has 0 fully saturated rings. The molecule has 8 heteroatoms. The topological polar surface area (TPSA) is 71.5 Å². The molecule has 5 nitrogen and oxygen atoms in total. The average molecular weight is 278 g/mol. The maximum Gasteiger partial charge on any atom is 0.214 e. The fraction of sp³-hybridized carbons (Fsp3) is 1.00. The van der Waals surface area contributed by atoms with Gasteiger partial charge in [0.2, 0.25) is 10.0 Å². The minimum atomic E-state index is -3.52. The Labute approximate surface area is 96.4 Å². The largest absolute Gasteiger partial charge is 0.229 e. The van der Waals surface area contributed by atoms with Crippen molar-refractivity contribution in [1.82, 2.24) is 4.31 Å². The highest BCUT2D eigenvalue weighted by molar-refractivity contribution is 7.93. The lowest BCUT2D eigenvalue weighted by atomic mass is 10.5. The molecule has 0 rings (SSSR count). The second-order valence-corrected chi connectivity index (χ2v) is 8.71. The van der Waals surface area contributed by atoms with Crippen LogP contribution in [0.4, 0.5) is 0 Å². The molecule has 92 valence electrons. The molecule has 0 spiro atoms. The summed E-state index contributed by atoms with van der Waals surface area (Å²) in [5.41, 5.74) is 0. The lowest BCUT2D eigenvalue weighted by Crippen LogP contribution is -2.35. The van der Waals surface area contributed by atoms with E-state index in [4.69, 9.17) is 11.6 Å². The normalized spacial score (nSPS) is 15.5. The molecule has 15 heavy (non-hydrogen) atoms. The van der Waals surface area contributed by atoms with Crippen LogP contribution in [0, 0.1) is 0 Å². The molecule has 0 heterocycles. The number of halogens is 1. The van der Waals surface area contributed by atoms with Crippen molar-refractivity contribution in [3.8, 4) is 0 Å². The first-order chi connectivity index (χ1) is 6.54. The summed E-state index contributed by atoms with van der Waals surface area (Å²) in [4.78, 5) is 0. The van der Waals surface area contributed by atoms with Crippen molar-refractivity contribution in [3.63, 3.8) is 0 Å². The van der Waals surface area contributed by atoms with Crippen molar-refractivity contribution in [2.45, 2.75) is 12.3 Å². The van der Waals surface area contributed by atoms with E-state index in [0.717, 1.165) is 10.6 Å². The third-order valence-corrected chi connectivity index (χ3v) is 4.86. The van der Waals surface area contributed by atoms with Crippen molar-refractivity contribution in [2.75, 3.05) is 31.4 Å². The Balaban J connectivity index is 4.43. The maximum absolute atomic E-state index is 11.5. The van der Waals surface area contributed by atoms with Crippen molar-refractivity contribution >= 4 is 31.5 Å². The fourth-order valence-corrected chi connectivity index (χ4v) is 3.99. The van der Waals surface area contributed by atoms with Gasteiger partial charge in [0, 0.05) is 25.2 Å². The van der Waals surface area contributed by atoms with Gasteiger partial charge in [-0.25, -0.2) is 21.1 Å². The Morgan fingerprint density at radius 1 is 1.20 bits per heavy atom. The minimum Gasteiger partial charge on any atom is -0.229 e. The van der Waals surface area contributed by atoms with Gasteiger partial charge < -0.3 is 0 Å². The number of alkyl halides is 1. The lowest BCUT2D eigenvalue weighted by molar-refractivity contribution is 0.471. The van der Waals surface area contributed by atoms with Crippen LogP contribution in [0.5, 0.6) is 0 Å². The van der Waals surface area contributed by atoms with Crippen LogP contribution in [0.3, 0.4) is 0 Å². The SMILES string of the molecule is CC(Cl)CN(C)S(=O)(=O)CCS(C)(=O)=O. The summed E-state index contributed by atoms with van der Waals surface area (Å²) >= 11 is 5.64. The Morgan fingerprint density at radius 2 is 1.67 bits per heavy atom. The number of sulfone groups is 1. The van der Waals surface area contributed by atoms with Gasteiger partial charge in [-0.15, -0.1) is 11.6 Å². The zero-order valence-electron chi connectivity index (χ0n) is 8.97. The second kappa shape index (κ2) is 5.47. The molecule has 1 atom stereocenters. The van der Waals surface area contributed by atoms with Gasteiger partial charge in [-0.2, -0.15) is 0 Å². The van der Waals surface area contributed by atoms with Crippen LogP contribution < -0.4 is 0 Å². The van der Waals surface area contributed by atoms with Crippen LogP contribution in [0.2, 0.25) is 0 Å². The summed E-state index contributed by atoms with van der Waals surface area (Å²) in [5, 5.41) is -0.303. The van der Waals surface area contributed by atoms with Crippen molar-refractivity contribution in [2.24, 2.45) is 0 Å². The third-order valence-electron chi connectivity index (χ3n) is 1.70. The first-order valence-corrected chi connectivity index (χ1v) is 8.41. The highest BCUT2D eigenvalue weighted by atomic mass is 35.5. The quantitative estimate of drug-likeness (QED) is 0.637. The average Bonchev–Trinajstić information content (AvgIpc) is 1.98. The number of sulfonamides is 1. The standard InChI is InChI=1S/C7H16ClNO4S2/c1-7(8)6-9(2)15(12,13)5-4-14(3,10)11/h7H,4-6H2,1-3H3. The third kappa shape index (κ3) is 7.10. The van der Waals surface area contributed by atoms with Crippen molar-refractivity contribution < 1.29 is 16.8 Å².